The zero-order valence-electron chi connectivity index (χ0n) is 7.92. The van der Waals surface area contributed by atoms with Crippen molar-refractivity contribution in [2.45, 2.75) is 25.1 Å². The number of aryl methyl sites for hydroxylation is 1. The SMILES string of the molecule is CC(N)C(c1cnn(C)c1)C(F)(F)F. The molecule has 0 saturated heterocycles. The van der Waals surface area contributed by atoms with Crippen molar-refractivity contribution in [1.29, 1.82) is 0 Å². The molecule has 0 radical (unpaired) electrons. The van der Waals surface area contributed by atoms with Gasteiger partial charge in [-0.25, -0.2) is 0 Å². The van der Waals surface area contributed by atoms with Crippen LogP contribution in [0.15, 0.2) is 12.4 Å². The van der Waals surface area contributed by atoms with Crippen molar-refractivity contribution < 1.29 is 13.2 Å². The van der Waals surface area contributed by atoms with E-state index in [0.717, 1.165) is 0 Å². The van der Waals surface area contributed by atoms with Gasteiger partial charge in [-0.1, -0.05) is 0 Å². The smallest absolute Gasteiger partial charge is 0.327 e. The monoisotopic (exact) mass is 207 g/mol. The predicted octanol–water partition coefficient (Wildman–Crippen LogP) is 1.41. The first kappa shape index (κ1) is 11.0. The summed E-state index contributed by atoms with van der Waals surface area (Å²) in [6, 6.07) is -0.973. The second kappa shape index (κ2) is 3.61. The number of nitrogens with two attached hydrogens (primary N) is 1. The molecule has 2 atom stereocenters. The Hall–Kier alpha value is -1.04. The normalized spacial score (nSPS) is 16.7. The molecule has 80 valence electrons. The van der Waals surface area contributed by atoms with Gasteiger partial charge in [0.05, 0.1) is 12.1 Å². The van der Waals surface area contributed by atoms with Crippen molar-refractivity contribution in [3.63, 3.8) is 0 Å². The minimum atomic E-state index is -4.32. The van der Waals surface area contributed by atoms with E-state index in [-0.39, 0.29) is 5.56 Å². The lowest BCUT2D eigenvalue weighted by Crippen LogP contribution is -2.35. The maximum Gasteiger partial charge on any atom is 0.397 e. The minimum absolute atomic E-state index is 0.106. The molecule has 0 aliphatic rings. The predicted molar refractivity (Wildman–Crippen MR) is 45.7 cm³/mol. The van der Waals surface area contributed by atoms with Gasteiger partial charge in [-0.2, -0.15) is 18.3 Å². The lowest BCUT2D eigenvalue weighted by molar-refractivity contribution is -0.154. The molecule has 2 N–H and O–H groups in total. The van der Waals surface area contributed by atoms with Gasteiger partial charge in [0.1, 0.15) is 0 Å². The van der Waals surface area contributed by atoms with Gasteiger partial charge in [0.25, 0.3) is 0 Å². The van der Waals surface area contributed by atoms with E-state index in [2.05, 4.69) is 5.10 Å². The molecule has 0 aliphatic heterocycles. The number of hydrogen-bond acceptors (Lipinski definition) is 2. The van der Waals surface area contributed by atoms with Crippen LogP contribution in [0, 0.1) is 0 Å². The Balaban J connectivity index is 3.01. The number of aromatic nitrogens is 2. The zero-order valence-corrected chi connectivity index (χ0v) is 7.92. The first-order valence-electron chi connectivity index (χ1n) is 4.13. The quantitative estimate of drug-likeness (QED) is 0.796. The molecule has 0 aliphatic carbocycles. The molecule has 1 aromatic rings. The van der Waals surface area contributed by atoms with Gasteiger partial charge in [-0.3, -0.25) is 4.68 Å². The molecule has 1 aromatic heterocycles. The van der Waals surface area contributed by atoms with Gasteiger partial charge in [-0.05, 0) is 6.92 Å². The van der Waals surface area contributed by atoms with Gasteiger partial charge in [0, 0.05) is 24.8 Å². The maximum atomic E-state index is 12.5. The third kappa shape index (κ3) is 2.25. The van der Waals surface area contributed by atoms with Crippen LogP contribution >= 0.6 is 0 Å². The second-order valence-corrected chi connectivity index (χ2v) is 3.33. The average Bonchev–Trinajstić information content (AvgIpc) is 2.31. The molecule has 0 bridgehead atoms. The summed E-state index contributed by atoms with van der Waals surface area (Å²) in [4.78, 5) is 0. The zero-order chi connectivity index (χ0) is 10.9. The second-order valence-electron chi connectivity index (χ2n) is 3.33. The van der Waals surface area contributed by atoms with Crippen LogP contribution < -0.4 is 5.73 Å². The minimum Gasteiger partial charge on any atom is -0.327 e. The van der Waals surface area contributed by atoms with Gasteiger partial charge in [0.15, 0.2) is 0 Å². The molecule has 0 amide bonds. The lowest BCUT2D eigenvalue weighted by atomic mass is 9.95. The molecule has 1 heterocycles. The van der Waals surface area contributed by atoms with E-state index >= 15 is 0 Å². The highest BCUT2D eigenvalue weighted by Crippen LogP contribution is 2.36. The Kier molecular flexibility index (Phi) is 2.84. The van der Waals surface area contributed by atoms with Gasteiger partial charge < -0.3 is 5.73 Å². The van der Waals surface area contributed by atoms with E-state index in [1.807, 2.05) is 0 Å². The van der Waals surface area contributed by atoms with Crippen LogP contribution in [0.5, 0.6) is 0 Å². The third-order valence-corrected chi connectivity index (χ3v) is 1.96. The van der Waals surface area contributed by atoms with Gasteiger partial charge >= 0.3 is 6.18 Å². The van der Waals surface area contributed by atoms with Crippen molar-refractivity contribution in [1.82, 2.24) is 9.78 Å². The van der Waals surface area contributed by atoms with Crippen molar-refractivity contribution in [2.75, 3.05) is 0 Å². The summed E-state index contributed by atoms with van der Waals surface area (Å²) in [5.74, 6) is -1.64. The highest BCUT2D eigenvalue weighted by molar-refractivity contribution is 5.16. The molecule has 14 heavy (non-hydrogen) atoms. The van der Waals surface area contributed by atoms with Crippen LogP contribution in [-0.4, -0.2) is 22.0 Å². The van der Waals surface area contributed by atoms with E-state index in [4.69, 9.17) is 5.73 Å². The van der Waals surface area contributed by atoms with Crippen LogP contribution in [0.3, 0.4) is 0 Å². The maximum absolute atomic E-state index is 12.5. The molecule has 1 rings (SSSR count). The van der Waals surface area contributed by atoms with E-state index < -0.39 is 18.1 Å². The van der Waals surface area contributed by atoms with Crippen LogP contribution in [-0.2, 0) is 7.05 Å². The molecule has 0 saturated carbocycles. The molecule has 0 fully saturated rings. The summed E-state index contributed by atoms with van der Waals surface area (Å²) < 4.78 is 39.0. The fourth-order valence-corrected chi connectivity index (χ4v) is 1.39. The molecule has 2 unspecified atom stereocenters. The highest BCUT2D eigenvalue weighted by Gasteiger charge is 2.43. The van der Waals surface area contributed by atoms with E-state index in [0.29, 0.717) is 0 Å². The number of nitrogens with zero attached hydrogens (tertiary/aromatic N) is 2. The van der Waals surface area contributed by atoms with Crippen molar-refractivity contribution >= 4 is 0 Å². The number of alkyl halides is 3. The first-order chi connectivity index (χ1) is 6.32. The Morgan fingerprint density at radius 3 is 2.36 bits per heavy atom. The fourth-order valence-electron chi connectivity index (χ4n) is 1.39. The van der Waals surface area contributed by atoms with E-state index in [9.17, 15) is 13.2 Å². The van der Waals surface area contributed by atoms with Crippen LogP contribution in [0.1, 0.15) is 18.4 Å². The molecule has 3 nitrogen and oxygen atoms in total. The number of halogens is 3. The number of rotatable bonds is 2. The molecule has 0 aromatic carbocycles. The standard InChI is InChI=1S/C8H12F3N3/c1-5(12)7(8(9,10)11)6-3-13-14(2)4-6/h3-5,7H,12H2,1-2H3. The summed E-state index contributed by atoms with van der Waals surface area (Å²) >= 11 is 0. The van der Waals surface area contributed by atoms with Crippen LogP contribution in [0.2, 0.25) is 0 Å². The van der Waals surface area contributed by atoms with E-state index in [1.165, 1.54) is 24.0 Å². The van der Waals surface area contributed by atoms with Crippen LogP contribution in [0.25, 0.3) is 0 Å². The summed E-state index contributed by atoms with van der Waals surface area (Å²) in [5, 5.41) is 3.69. The molecular formula is C8H12F3N3. The van der Waals surface area contributed by atoms with Crippen molar-refractivity contribution in [3.8, 4) is 0 Å². The summed E-state index contributed by atoms with van der Waals surface area (Å²) in [6.45, 7) is 1.34. The lowest BCUT2D eigenvalue weighted by Gasteiger charge is -2.22. The average molecular weight is 207 g/mol. The third-order valence-electron chi connectivity index (χ3n) is 1.96. The molecular weight excluding hydrogens is 195 g/mol. The highest BCUT2D eigenvalue weighted by atomic mass is 19.4. The summed E-state index contributed by atoms with van der Waals surface area (Å²) in [7, 11) is 1.57. The molecule has 6 heteroatoms. The number of hydrogen-bond donors (Lipinski definition) is 1. The van der Waals surface area contributed by atoms with Gasteiger partial charge in [-0.15, -0.1) is 0 Å². The van der Waals surface area contributed by atoms with E-state index in [1.54, 1.807) is 7.05 Å². The Morgan fingerprint density at radius 2 is 2.07 bits per heavy atom. The molecule has 0 spiro atoms. The van der Waals surface area contributed by atoms with Crippen molar-refractivity contribution in [3.05, 3.63) is 18.0 Å². The fraction of sp³-hybridized carbons (Fsp3) is 0.625. The Morgan fingerprint density at radius 1 is 1.50 bits per heavy atom. The largest absolute Gasteiger partial charge is 0.397 e. The Bertz CT molecular complexity index is 303. The van der Waals surface area contributed by atoms with Crippen LogP contribution in [0.4, 0.5) is 13.2 Å². The topological polar surface area (TPSA) is 43.8 Å². The van der Waals surface area contributed by atoms with Crippen molar-refractivity contribution in [2.24, 2.45) is 12.8 Å². The summed E-state index contributed by atoms with van der Waals surface area (Å²) in [5.41, 5.74) is 5.41. The Labute approximate surface area is 79.7 Å². The van der Waals surface area contributed by atoms with Gasteiger partial charge in [0.2, 0.25) is 0 Å². The summed E-state index contributed by atoms with van der Waals surface area (Å²) in [6.07, 6.45) is -1.79. The first-order valence-corrected chi connectivity index (χ1v) is 4.13.